The molecule has 0 aromatic rings. The molecule has 0 aliphatic heterocycles. The zero-order chi connectivity index (χ0) is 11.4. The molecule has 0 aliphatic carbocycles. The van der Waals surface area contributed by atoms with Crippen LogP contribution in [-0.2, 0) is 4.74 Å². The average Bonchev–Trinajstić information content (AvgIpc) is 1.78. The third-order valence-corrected chi connectivity index (χ3v) is 2.59. The van der Waals surface area contributed by atoms with Crippen molar-refractivity contribution in [1.82, 2.24) is 4.72 Å². The van der Waals surface area contributed by atoms with Gasteiger partial charge in [0.2, 0.25) is 0 Å². The molecule has 0 aromatic carbocycles. The Kier molecular flexibility index (Phi) is 5.39. The highest BCUT2D eigenvalue weighted by Crippen LogP contribution is 2.32. The van der Waals surface area contributed by atoms with Gasteiger partial charge in [-0.2, -0.15) is 0 Å². The van der Waals surface area contributed by atoms with Crippen LogP contribution in [0.5, 0.6) is 0 Å². The summed E-state index contributed by atoms with van der Waals surface area (Å²) in [5, 5.41) is 0. The lowest BCUT2D eigenvalue weighted by Crippen LogP contribution is -2.41. The second kappa shape index (κ2) is 5.32. The molecule has 88 valence electrons. The van der Waals surface area contributed by atoms with Crippen LogP contribution in [0.15, 0.2) is 0 Å². The van der Waals surface area contributed by atoms with Gasteiger partial charge in [0.1, 0.15) is 0 Å². The van der Waals surface area contributed by atoms with E-state index < -0.39 is 10.8 Å². The van der Waals surface area contributed by atoms with Crippen molar-refractivity contribution in [3.05, 3.63) is 0 Å². The summed E-state index contributed by atoms with van der Waals surface area (Å²) in [6, 6.07) is 0. The van der Waals surface area contributed by atoms with Gasteiger partial charge in [0.05, 0.1) is 6.10 Å². The topological polar surface area (TPSA) is 61.7 Å². The molecule has 3 N–H and O–H groups in total. The Morgan fingerprint density at radius 3 is 2.21 bits per heavy atom. The van der Waals surface area contributed by atoms with E-state index in [1.165, 1.54) is 6.26 Å². The van der Waals surface area contributed by atoms with Crippen LogP contribution in [0, 0.1) is 0 Å². The van der Waals surface area contributed by atoms with Gasteiger partial charge < -0.3 is 4.74 Å². The minimum atomic E-state index is -2.64. The largest absolute Gasteiger partial charge is 0.379 e. The van der Waals surface area contributed by atoms with Crippen molar-refractivity contribution in [3.8, 4) is 0 Å². The van der Waals surface area contributed by atoms with E-state index in [1.807, 2.05) is 27.7 Å². The zero-order valence-corrected chi connectivity index (χ0v) is 10.5. The highest BCUT2D eigenvalue weighted by atomic mass is 32.3. The molecule has 0 fully saturated rings. The molecule has 0 radical (unpaired) electrons. The summed E-state index contributed by atoms with van der Waals surface area (Å²) >= 11 is 0. The van der Waals surface area contributed by atoms with Gasteiger partial charge in [0, 0.05) is 18.4 Å². The summed E-state index contributed by atoms with van der Waals surface area (Å²) in [6.07, 6.45) is 2.35. The van der Waals surface area contributed by atoms with Crippen LogP contribution in [-0.4, -0.2) is 33.6 Å². The van der Waals surface area contributed by atoms with E-state index >= 15 is 0 Å². The van der Waals surface area contributed by atoms with Gasteiger partial charge in [-0.15, -0.1) is 10.8 Å². The summed E-state index contributed by atoms with van der Waals surface area (Å²) in [5.74, 6) is 0. The lowest BCUT2D eigenvalue weighted by atomic mass is 10.0. The van der Waals surface area contributed by atoms with Crippen molar-refractivity contribution >= 4 is 10.8 Å². The van der Waals surface area contributed by atoms with Crippen LogP contribution in [0.2, 0.25) is 0 Å². The third kappa shape index (κ3) is 8.77. The molecule has 14 heavy (non-hydrogen) atoms. The van der Waals surface area contributed by atoms with E-state index in [1.54, 1.807) is 0 Å². The molecule has 5 heteroatoms. The van der Waals surface area contributed by atoms with Crippen LogP contribution in [0.3, 0.4) is 0 Å². The second-order valence-electron chi connectivity index (χ2n) is 4.49. The summed E-state index contributed by atoms with van der Waals surface area (Å²) in [6.45, 7) is 8.43. The minimum absolute atomic E-state index is 0.216. The maximum atomic E-state index is 9.25. The van der Waals surface area contributed by atoms with E-state index in [2.05, 4.69) is 4.72 Å². The predicted molar refractivity (Wildman–Crippen MR) is 61.7 cm³/mol. The molecule has 0 bridgehead atoms. The van der Waals surface area contributed by atoms with Crippen molar-refractivity contribution in [2.75, 3.05) is 12.9 Å². The summed E-state index contributed by atoms with van der Waals surface area (Å²) in [4.78, 5) is 0. The van der Waals surface area contributed by atoms with E-state index in [9.17, 15) is 9.11 Å². The van der Waals surface area contributed by atoms with Crippen molar-refractivity contribution < 1.29 is 13.8 Å². The van der Waals surface area contributed by atoms with Crippen LogP contribution >= 0.6 is 10.8 Å². The first-order valence-corrected chi connectivity index (χ1v) is 6.72. The van der Waals surface area contributed by atoms with Gasteiger partial charge in [-0.05, 0) is 34.1 Å². The number of rotatable bonds is 6. The van der Waals surface area contributed by atoms with E-state index in [0.717, 1.165) is 6.42 Å². The summed E-state index contributed by atoms with van der Waals surface area (Å²) in [7, 11) is -2.64. The van der Waals surface area contributed by atoms with Gasteiger partial charge in [0.25, 0.3) is 0 Å². The first kappa shape index (κ1) is 14.2. The van der Waals surface area contributed by atoms with Crippen LogP contribution in [0.25, 0.3) is 0 Å². The molecule has 0 saturated carbocycles. The fourth-order valence-corrected chi connectivity index (χ4v) is 2.27. The second-order valence-corrected chi connectivity index (χ2v) is 6.36. The number of hydrogen-bond donors (Lipinski definition) is 3. The fraction of sp³-hybridized carbons (Fsp3) is 1.00. The minimum Gasteiger partial charge on any atom is -0.379 e. The van der Waals surface area contributed by atoms with Crippen molar-refractivity contribution in [1.29, 1.82) is 0 Å². The number of hydrogen-bond acceptors (Lipinski definition) is 4. The molecular weight excluding hydrogens is 202 g/mol. The molecule has 0 unspecified atom stereocenters. The monoisotopic (exact) mass is 225 g/mol. The van der Waals surface area contributed by atoms with E-state index in [-0.39, 0.29) is 11.6 Å². The number of ether oxygens (including phenoxy) is 1. The molecule has 4 nitrogen and oxygen atoms in total. The van der Waals surface area contributed by atoms with Crippen LogP contribution < -0.4 is 4.72 Å². The first-order valence-electron chi connectivity index (χ1n) is 4.76. The quantitative estimate of drug-likeness (QED) is 0.650. The molecule has 0 heterocycles. The van der Waals surface area contributed by atoms with Gasteiger partial charge in [0.15, 0.2) is 0 Å². The Morgan fingerprint density at radius 1 is 1.36 bits per heavy atom. The van der Waals surface area contributed by atoms with Crippen molar-refractivity contribution in [2.24, 2.45) is 0 Å². The van der Waals surface area contributed by atoms with E-state index in [4.69, 9.17) is 4.74 Å². The standard InChI is InChI=1S/C9H23NO3S/c1-8(2)13-7-6-9(3,4)10-14(5,11)12/h8,10-12H,6-7H2,1-5H3. The smallest absolute Gasteiger partial charge is 0.0518 e. The lowest BCUT2D eigenvalue weighted by Gasteiger charge is -2.38. The van der Waals surface area contributed by atoms with Crippen molar-refractivity contribution in [3.63, 3.8) is 0 Å². The Hall–Kier alpha value is 0.190. The lowest BCUT2D eigenvalue weighted by molar-refractivity contribution is 0.0662. The van der Waals surface area contributed by atoms with Gasteiger partial charge >= 0.3 is 0 Å². The van der Waals surface area contributed by atoms with Gasteiger partial charge in [-0.25, -0.2) is 4.72 Å². The maximum absolute atomic E-state index is 9.25. The third-order valence-electron chi connectivity index (χ3n) is 1.65. The zero-order valence-electron chi connectivity index (χ0n) is 9.70. The molecule has 0 amide bonds. The van der Waals surface area contributed by atoms with Crippen LogP contribution in [0.4, 0.5) is 0 Å². The van der Waals surface area contributed by atoms with Gasteiger partial charge in [-0.3, -0.25) is 9.11 Å². The Labute approximate surface area is 88.5 Å². The Bertz CT molecular complexity index is 166. The summed E-state index contributed by atoms with van der Waals surface area (Å²) < 4.78 is 26.7. The SMILES string of the molecule is CC(C)OCCC(C)(C)NS(C)(O)O. The number of nitrogens with one attached hydrogen (secondary N) is 1. The molecule has 0 atom stereocenters. The predicted octanol–water partition coefficient (Wildman–Crippen LogP) is 2.47. The fourth-order valence-electron chi connectivity index (χ4n) is 1.12. The Morgan fingerprint density at radius 2 is 1.86 bits per heavy atom. The highest BCUT2D eigenvalue weighted by Gasteiger charge is 2.22. The van der Waals surface area contributed by atoms with E-state index in [0.29, 0.717) is 6.61 Å². The van der Waals surface area contributed by atoms with Crippen molar-refractivity contribution in [2.45, 2.75) is 45.8 Å². The Balaban J connectivity index is 3.84. The highest BCUT2D eigenvalue weighted by molar-refractivity contribution is 8.22. The molecule has 0 aromatic heterocycles. The summed E-state index contributed by atoms with van der Waals surface area (Å²) in [5.41, 5.74) is -0.317. The maximum Gasteiger partial charge on any atom is 0.0518 e. The first-order chi connectivity index (χ1) is 6.12. The average molecular weight is 225 g/mol. The molecule has 0 aliphatic rings. The normalized spacial score (nSPS) is 14.9. The molecular formula is C9H23NO3S. The molecule has 0 spiro atoms. The van der Waals surface area contributed by atoms with Gasteiger partial charge in [-0.1, -0.05) is 0 Å². The molecule has 0 rings (SSSR count). The molecule has 0 saturated heterocycles. The van der Waals surface area contributed by atoms with Crippen LogP contribution in [0.1, 0.15) is 34.1 Å².